The quantitative estimate of drug-likeness (QED) is 0.547. The Morgan fingerprint density at radius 1 is 1.13 bits per heavy atom. The van der Waals surface area contributed by atoms with E-state index in [0.29, 0.717) is 34.5 Å². The van der Waals surface area contributed by atoms with Crippen LogP contribution in [-0.2, 0) is 4.79 Å². The Morgan fingerprint density at radius 3 is 2.48 bits per heavy atom. The van der Waals surface area contributed by atoms with Gasteiger partial charge >= 0.3 is 0 Å². The van der Waals surface area contributed by atoms with Gasteiger partial charge in [-0.15, -0.1) is 0 Å². The molecular formula is C24H29N3O3S. The van der Waals surface area contributed by atoms with Crippen LogP contribution in [0.4, 0.5) is 5.69 Å². The molecule has 0 saturated carbocycles. The van der Waals surface area contributed by atoms with E-state index in [4.69, 9.17) is 21.7 Å². The van der Waals surface area contributed by atoms with Crippen molar-refractivity contribution in [2.45, 2.75) is 46.8 Å². The van der Waals surface area contributed by atoms with Gasteiger partial charge in [-0.25, -0.2) is 0 Å². The summed E-state index contributed by atoms with van der Waals surface area (Å²) in [5.74, 6) is 1.11. The molecule has 1 amide bonds. The first-order valence-electron chi connectivity index (χ1n) is 10.4. The number of amides is 1. The lowest BCUT2D eigenvalue weighted by Gasteiger charge is -2.31. The van der Waals surface area contributed by atoms with Gasteiger partial charge in [-0.05, 0) is 76.7 Å². The molecule has 164 valence electrons. The Bertz CT molecular complexity index is 1000. The highest BCUT2D eigenvalue weighted by atomic mass is 32.1. The first-order valence-corrected chi connectivity index (χ1v) is 10.8. The van der Waals surface area contributed by atoms with E-state index < -0.39 is 6.04 Å². The standard InChI is InChI=1S/C24H29N3O3S/c1-6-29-20-13-17(9-12-19(20)30-14(2)3)22-21(16(5)25-24(31)27-22)23(28)26-18-10-7-15(4)8-11-18/h7-14,22H,6H2,1-5H3,(H,26,28)(H2,25,27,31)/t22-/m0/s1. The molecular weight excluding hydrogens is 410 g/mol. The number of hydrogen-bond donors (Lipinski definition) is 3. The number of benzene rings is 2. The van der Waals surface area contributed by atoms with E-state index in [1.54, 1.807) is 0 Å². The van der Waals surface area contributed by atoms with Crippen LogP contribution in [0, 0.1) is 6.92 Å². The van der Waals surface area contributed by atoms with Gasteiger partial charge in [-0.3, -0.25) is 4.79 Å². The first kappa shape index (κ1) is 22.6. The summed E-state index contributed by atoms with van der Waals surface area (Å²) in [7, 11) is 0. The van der Waals surface area contributed by atoms with E-state index in [0.717, 1.165) is 16.8 Å². The number of carbonyl (C=O) groups excluding carboxylic acids is 1. The van der Waals surface area contributed by atoms with Crippen molar-refractivity contribution in [1.29, 1.82) is 0 Å². The molecule has 3 N–H and O–H groups in total. The fourth-order valence-electron chi connectivity index (χ4n) is 3.40. The third-order valence-corrected chi connectivity index (χ3v) is 5.01. The molecule has 0 radical (unpaired) electrons. The Hall–Kier alpha value is -3.06. The molecule has 0 fully saturated rings. The molecule has 1 atom stereocenters. The van der Waals surface area contributed by atoms with Gasteiger partial charge in [-0.1, -0.05) is 23.8 Å². The van der Waals surface area contributed by atoms with Gasteiger partial charge in [0.05, 0.1) is 24.3 Å². The molecule has 1 heterocycles. The van der Waals surface area contributed by atoms with Crippen molar-refractivity contribution in [3.8, 4) is 11.5 Å². The summed E-state index contributed by atoms with van der Waals surface area (Å²) in [6.45, 7) is 10.2. The largest absolute Gasteiger partial charge is 0.490 e. The van der Waals surface area contributed by atoms with Crippen LogP contribution in [0.5, 0.6) is 11.5 Å². The van der Waals surface area contributed by atoms with Crippen molar-refractivity contribution in [3.05, 3.63) is 64.9 Å². The molecule has 6 nitrogen and oxygen atoms in total. The number of rotatable bonds is 7. The van der Waals surface area contributed by atoms with Gasteiger partial charge < -0.3 is 25.4 Å². The number of nitrogens with one attached hydrogen (secondary N) is 3. The molecule has 2 aromatic rings. The third kappa shape index (κ3) is 5.55. The van der Waals surface area contributed by atoms with E-state index in [1.807, 2.05) is 77.1 Å². The van der Waals surface area contributed by atoms with Gasteiger partial charge in [0.2, 0.25) is 0 Å². The highest BCUT2D eigenvalue weighted by Gasteiger charge is 2.30. The summed E-state index contributed by atoms with van der Waals surface area (Å²) >= 11 is 5.37. The molecule has 2 aromatic carbocycles. The molecule has 1 aliphatic rings. The lowest BCUT2D eigenvalue weighted by molar-refractivity contribution is -0.113. The van der Waals surface area contributed by atoms with Crippen molar-refractivity contribution < 1.29 is 14.3 Å². The van der Waals surface area contributed by atoms with Gasteiger partial charge in [0.15, 0.2) is 16.6 Å². The van der Waals surface area contributed by atoms with E-state index in [9.17, 15) is 4.79 Å². The second-order valence-electron chi connectivity index (χ2n) is 7.70. The minimum absolute atomic E-state index is 0.0210. The van der Waals surface area contributed by atoms with Crippen molar-refractivity contribution in [1.82, 2.24) is 10.6 Å². The van der Waals surface area contributed by atoms with Crippen LogP contribution < -0.4 is 25.4 Å². The number of allylic oxidation sites excluding steroid dienone is 1. The third-order valence-electron chi connectivity index (χ3n) is 4.79. The second-order valence-corrected chi connectivity index (χ2v) is 8.10. The van der Waals surface area contributed by atoms with Crippen LogP contribution in [0.3, 0.4) is 0 Å². The van der Waals surface area contributed by atoms with Crippen molar-refractivity contribution >= 4 is 28.9 Å². The Labute approximate surface area is 189 Å². The van der Waals surface area contributed by atoms with Crippen molar-refractivity contribution in [2.24, 2.45) is 0 Å². The summed E-state index contributed by atoms with van der Waals surface area (Å²) < 4.78 is 11.7. The first-order chi connectivity index (χ1) is 14.8. The molecule has 31 heavy (non-hydrogen) atoms. The molecule has 7 heteroatoms. The monoisotopic (exact) mass is 439 g/mol. The number of aryl methyl sites for hydroxylation is 1. The Morgan fingerprint density at radius 2 is 1.84 bits per heavy atom. The zero-order chi connectivity index (χ0) is 22.5. The molecule has 0 bridgehead atoms. The highest BCUT2D eigenvalue weighted by Crippen LogP contribution is 2.35. The summed E-state index contributed by atoms with van der Waals surface area (Å²) in [6, 6.07) is 13.0. The zero-order valence-corrected chi connectivity index (χ0v) is 19.4. The summed E-state index contributed by atoms with van der Waals surface area (Å²) in [5.41, 5.74) is 3.99. The van der Waals surface area contributed by atoms with Crippen LogP contribution in [0.15, 0.2) is 53.7 Å². The van der Waals surface area contributed by atoms with Crippen LogP contribution in [0.25, 0.3) is 0 Å². The zero-order valence-electron chi connectivity index (χ0n) is 18.5. The van der Waals surface area contributed by atoms with Crippen LogP contribution in [-0.4, -0.2) is 23.7 Å². The SMILES string of the molecule is CCOc1cc([C@@H]2NC(=S)NC(C)=C2C(=O)Nc2ccc(C)cc2)ccc1OC(C)C. The minimum Gasteiger partial charge on any atom is -0.490 e. The van der Waals surface area contributed by atoms with Crippen molar-refractivity contribution in [3.63, 3.8) is 0 Å². The smallest absolute Gasteiger partial charge is 0.255 e. The maximum absolute atomic E-state index is 13.2. The van der Waals surface area contributed by atoms with Gasteiger partial charge in [-0.2, -0.15) is 0 Å². The predicted octanol–water partition coefficient (Wildman–Crippen LogP) is 4.61. The fraction of sp³-hybridized carbons (Fsp3) is 0.333. The Kier molecular flexibility index (Phi) is 7.17. The van der Waals surface area contributed by atoms with E-state index >= 15 is 0 Å². The molecule has 0 unspecified atom stereocenters. The van der Waals surface area contributed by atoms with E-state index in [-0.39, 0.29) is 12.0 Å². The number of carbonyl (C=O) groups is 1. The number of anilines is 1. The minimum atomic E-state index is -0.425. The van der Waals surface area contributed by atoms with Crippen molar-refractivity contribution in [2.75, 3.05) is 11.9 Å². The Balaban J connectivity index is 1.96. The lowest BCUT2D eigenvalue weighted by atomic mass is 9.94. The lowest BCUT2D eigenvalue weighted by Crippen LogP contribution is -2.45. The number of ether oxygens (including phenoxy) is 2. The maximum Gasteiger partial charge on any atom is 0.255 e. The molecule has 3 rings (SSSR count). The fourth-order valence-corrected chi connectivity index (χ4v) is 3.67. The topological polar surface area (TPSA) is 71.6 Å². The predicted molar refractivity (Wildman–Crippen MR) is 127 cm³/mol. The molecule has 0 saturated heterocycles. The highest BCUT2D eigenvalue weighted by molar-refractivity contribution is 7.80. The van der Waals surface area contributed by atoms with E-state index in [1.165, 1.54) is 0 Å². The normalized spacial score (nSPS) is 15.9. The average Bonchev–Trinajstić information content (AvgIpc) is 2.70. The molecule has 0 aromatic heterocycles. The maximum atomic E-state index is 13.2. The van der Waals surface area contributed by atoms with Gasteiger partial charge in [0, 0.05) is 11.4 Å². The molecule has 0 aliphatic carbocycles. The van der Waals surface area contributed by atoms with Crippen LogP contribution in [0.1, 0.15) is 44.9 Å². The van der Waals surface area contributed by atoms with Crippen LogP contribution >= 0.6 is 12.2 Å². The number of thiocarbonyl (C=S) groups is 1. The summed E-state index contributed by atoms with van der Waals surface area (Å²) in [4.78, 5) is 13.2. The molecule has 1 aliphatic heterocycles. The van der Waals surface area contributed by atoms with Crippen LogP contribution in [0.2, 0.25) is 0 Å². The van der Waals surface area contributed by atoms with Gasteiger partial charge in [0.25, 0.3) is 5.91 Å². The molecule has 0 spiro atoms. The number of hydrogen-bond acceptors (Lipinski definition) is 4. The summed E-state index contributed by atoms with van der Waals surface area (Å²) in [5, 5.41) is 9.74. The average molecular weight is 440 g/mol. The van der Waals surface area contributed by atoms with Gasteiger partial charge in [0.1, 0.15) is 0 Å². The van der Waals surface area contributed by atoms with E-state index in [2.05, 4.69) is 16.0 Å². The summed E-state index contributed by atoms with van der Waals surface area (Å²) in [6.07, 6.45) is 0.0210. The second kappa shape index (κ2) is 9.83.